The number of rotatable bonds is 6. The Morgan fingerprint density at radius 1 is 1.30 bits per heavy atom. The summed E-state index contributed by atoms with van der Waals surface area (Å²) in [5, 5.41) is 3.42. The first-order valence-electron chi connectivity index (χ1n) is 7.99. The van der Waals surface area contributed by atoms with Gasteiger partial charge in [-0.1, -0.05) is 34.1 Å². The molecule has 0 aliphatic carbocycles. The van der Waals surface area contributed by atoms with Gasteiger partial charge in [-0.3, -0.25) is 0 Å². The predicted octanol–water partition coefficient (Wildman–Crippen LogP) is 3.38. The minimum Gasteiger partial charge on any atom is -0.356 e. The molecule has 1 N–H and O–H groups in total. The molecule has 1 aliphatic rings. The van der Waals surface area contributed by atoms with Crippen molar-refractivity contribution in [2.24, 2.45) is 5.41 Å². The number of aryl methyl sites for hydroxylation is 1. The van der Waals surface area contributed by atoms with Crippen molar-refractivity contribution < 1.29 is 0 Å². The molecule has 2 heterocycles. The van der Waals surface area contributed by atoms with Crippen LogP contribution in [0, 0.1) is 5.41 Å². The lowest BCUT2D eigenvalue weighted by Crippen LogP contribution is -2.24. The molecule has 0 unspecified atom stereocenters. The number of nitrogens with zero attached hydrogens (tertiary/aromatic N) is 2. The molecule has 0 spiro atoms. The van der Waals surface area contributed by atoms with Crippen LogP contribution >= 0.6 is 0 Å². The fraction of sp³-hybridized carbons (Fsp3) is 0.706. The summed E-state index contributed by atoms with van der Waals surface area (Å²) < 4.78 is 0. The van der Waals surface area contributed by atoms with Gasteiger partial charge in [-0.05, 0) is 42.5 Å². The summed E-state index contributed by atoms with van der Waals surface area (Å²) >= 11 is 0. The maximum absolute atomic E-state index is 4.88. The largest absolute Gasteiger partial charge is 0.356 e. The van der Waals surface area contributed by atoms with Crippen molar-refractivity contribution >= 4 is 5.82 Å². The molecule has 0 saturated carbocycles. The highest BCUT2D eigenvalue weighted by atomic mass is 15.2. The van der Waals surface area contributed by atoms with Crippen LogP contribution in [-0.2, 0) is 13.0 Å². The number of hydrogen-bond donors (Lipinski definition) is 1. The fourth-order valence-corrected chi connectivity index (χ4v) is 2.86. The van der Waals surface area contributed by atoms with Crippen LogP contribution in [-0.4, -0.2) is 24.6 Å². The zero-order valence-corrected chi connectivity index (χ0v) is 13.5. The van der Waals surface area contributed by atoms with Crippen molar-refractivity contribution in [3.05, 3.63) is 23.4 Å². The minimum absolute atomic E-state index is 0.421. The van der Waals surface area contributed by atoms with Crippen molar-refractivity contribution in [3.8, 4) is 0 Å². The summed E-state index contributed by atoms with van der Waals surface area (Å²) in [4.78, 5) is 7.33. The van der Waals surface area contributed by atoms with Gasteiger partial charge in [0.05, 0.1) is 0 Å². The topological polar surface area (TPSA) is 28.2 Å². The molecule has 0 atom stereocenters. The number of nitrogens with one attached hydrogen (secondary N) is 1. The van der Waals surface area contributed by atoms with Gasteiger partial charge >= 0.3 is 0 Å². The molecule has 1 aromatic heterocycles. The third-order valence-corrected chi connectivity index (χ3v) is 4.01. The number of pyridine rings is 1. The molecule has 0 bridgehead atoms. The van der Waals surface area contributed by atoms with E-state index in [1.807, 2.05) is 0 Å². The molecule has 3 nitrogen and oxygen atoms in total. The molecule has 20 heavy (non-hydrogen) atoms. The third-order valence-electron chi connectivity index (χ3n) is 4.01. The molecule has 1 aliphatic heterocycles. The maximum Gasteiger partial charge on any atom is 0.129 e. The van der Waals surface area contributed by atoms with Crippen molar-refractivity contribution in [2.45, 2.75) is 53.5 Å². The zero-order chi connectivity index (χ0) is 14.6. The van der Waals surface area contributed by atoms with E-state index in [-0.39, 0.29) is 0 Å². The molecule has 3 heteroatoms. The van der Waals surface area contributed by atoms with Crippen molar-refractivity contribution in [1.29, 1.82) is 0 Å². The normalized spacial score (nSPS) is 17.7. The van der Waals surface area contributed by atoms with Crippen molar-refractivity contribution in [2.75, 3.05) is 24.5 Å². The van der Waals surface area contributed by atoms with Gasteiger partial charge in [-0.25, -0.2) is 4.98 Å². The monoisotopic (exact) mass is 275 g/mol. The number of hydrogen-bond acceptors (Lipinski definition) is 3. The summed E-state index contributed by atoms with van der Waals surface area (Å²) in [6.45, 7) is 13.3. The molecule has 1 aromatic rings. The molecule has 0 radical (unpaired) electrons. The second-order valence-electron chi connectivity index (χ2n) is 6.69. The van der Waals surface area contributed by atoms with Gasteiger partial charge in [-0.15, -0.1) is 0 Å². The second kappa shape index (κ2) is 6.57. The van der Waals surface area contributed by atoms with E-state index < -0.39 is 0 Å². The van der Waals surface area contributed by atoms with Gasteiger partial charge in [0.25, 0.3) is 0 Å². The van der Waals surface area contributed by atoms with E-state index in [1.165, 1.54) is 23.5 Å². The Morgan fingerprint density at radius 3 is 2.70 bits per heavy atom. The Bertz CT molecular complexity index is 440. The fourth-order valence-electron chi connectivity index (χ4n) is 2.86. The lowest BCUT2D eigenvalue weighted by atomic mass is 9.93. The predicted molar refractivity (Wildman–Crippen MR) is 86.2 cm³/mol. The van der Waals surface area contributed by atoms with Crippen LogP contribution < -0.4 is 10.2 Å². The Morgan fingerprint density at radius 2 is 2.10 bits per heavy atom. The van der Waals surface area contributed by atoms with Gasteiger partial charge in [0, 0.05) is 25.3 Å². The van der Waals surface area contributed by atoms with Crippen LogP contribution in [0.2, 0.25) is 0 Å². The van der Waals surface area contributed by atoms with Crippen LogP contribution in [0.4, 0.5) is 5.82 Å². The first kappa shape index (κ1) is 15.3. The third kappa shape index (κ3) is 3.95. The van der Waals surface area contributed by atoms with E-state index in [0.717, 1.165) is 39.0 Å². The highest BCUT2D eigenvalue weighted by molar-refractivity contribution is 5.44. The SMILES string of the molecule is CCCc1cc(CNCC)cc(N2CCC(C)(C)C2)n1. The average Bonchev–Trinajstić information content (AvgIpc) is 2.77. The smallest absolute Gasteiger partial charge is 0.129 e. The highest BCUT2D eigenvalue weighted by Gasteiger charge is 2.30. The molecule has 0 amide bonds. The molecule has 0 aromatic carbocycles. The van der Waals surface area contributed by atoms with E-state index in [9.17, 15) is 0 Å². The van der Waals surface area contributed by atoms with E-state index in [1.54, 1.807) is 0 Å². The van der Waals surface area contributed by atoms with E-state index in [0.29, 0.717) is 5.41 Å². The van der Waals surface area contributed by atoms with E-state index in [4.69, 9.17) is 4.98 Å². The Balaban J connectivity index is 2.20. The molecule has 112 valence electrons. The minimum atomic E-state index is 0.421. The second-order valence-corrected chi connectivity index (χ2v) is 6.69. The Kier molecular flexibility index (Phi) is 5.03. The summed E-state index contributed by atoms with van der Waals surface area (Å²) in [6, 6.07) is 4.53. The quantitative estimate of drug-likeness (QED) is 0.862. The van der Waals surface area contributed by atoms with Gasteiger partial charge in [0.15, 0.2) is 0 Å². The van der Waals surface area contributed by atoms with Gasteiger partial charge in [0.2, 0.25) is 0 Å². The average molecular weight is 275 g/mol. The summed E-state index contributed by atoms with van der Waals surface area (Å²) in [6.07, 6.45) is 3.49. The first-order valence-corrected chi connectivity index (χ1v) is 7.99. The maximum atomic E-state index is 4.88. The first-order chi connectivity index (χ1) is 9.54. The van der Waals surface area contributed by atoms with Gasteiger partial charge in [-0.2, -0.15) is 0 Å². The van der Waals surface area contributed by atoms with Crippen LogP contribution in [0.25, 0.3) is 0 Å². The summed E-state index contributed by atoms with van der Waals surface area (Å²) in [5.74, 6) is 1.18. The van der Waals surface area contributed by atoms with Gasteiger partial charge in [0.1, 0.15) is 5.82 Å². The Hall–Kier alpha value is -1.09. The molecular formula is C17H29N3. The summed E-state index contributed by atoms with van der Waals surface area (Å²) in [5.41, 5.74) is 3.03. The molecule has 1 saturated heterocycles. The number of anilines is 1. The molecule has 1 fully saturated rings. The van der Waals surface area contributed by atoms with Crippen LogP contribution in [0.3, 0.4) is 0 Å². The lowest BCUT2D eigenvalue weighted by Gasteiger charge is -2.22. The summed E-state index contributed by atoms with van der Waals surface area (Å²) in [7, 11) is 0. The number of aromatic nitrogens is 1. The Labute approximate surface area is 123 Å². The van der Waals surface area contributed by atoms with E-state index in [2.05, 4.69) is 50.0 Å². The standard InChI is InChI=1S/C17H29N3/c1-5-7-15-10-14(12-18-6-2)11-16(19-15)20-9-8-17(3,4)13-20/h10-11,18H,5-9,12-13H2,1-4H3. The van der Waals surface area contributed by atoms with Crippen molar-refractivity contribution in [1.82, 2.24) is 10.3 Å². The van der Waals surface area contributed by atoms with Crippen molar-refractivity contribution in [3.63, 3.8) is 0 Å². The molecule has 2 rings (SSSR count). The van der Waals surface area contributed by atoms with Crippen LogP contribution in [0.5, 0.6) is 0 Å². The lowest BCUT2D eigenvalue weighted by molar-refractivity contribution is 0.418. The van der Waals surface area contributed by atoms with Crippen LogP contribution in [0.1, 0.15) is 51.8 Å². The van der Waals surface area contributed by atoms with Gasteiger partial charge < -0.3 is 10.2 Å². The zero-order valence-electron chi connectivity index (χ0n) is 13.5. The highest BCUT2D eigenvalue weighted by Crippen LogP contribution is 2.32. The van der Waals surface area contributed by atoms with E-state index >= 15 is 0 Å². The van der Waals surface area contributed by atoms with Crippen LogP contribution in [0.15, 0.2) is 12.1 Å². The molecular weight excluding hydrogens is 246 g/mol.